The summed E-state index contributed by atoms with van der Waals surface area (Å²) in [5.41, 5.74) is 3.97. The van der Waals surface area contributed by atoms with Crippen molar-refractivity contribution in [1.29, 1.82) is 0 Å². The lowest BCUT2D eigenvalue weighted by molar-refractivity contribution is -0.192. The standard InChI is InChI=1S/C28H36N2O5/c1-4-34-17-5-16-29-28(33)26-25(19-31)27(21(3)32)35-30(26)18-24-14-12-23(13-15-24)11-10-22-8-6-20(2)7-9-22/h6-9,12-15,21,25-27,31-32H,4-5,16-19H2,1-3H3,(H,29,33)/t21-,25-,26-,27-/m0/s1. The lowest BCUT2D eigenvalue weighted by Gasteiger charge is -2.24. The topological polar surface area (TPSA) is 91.3 Å². The number of nitrogens with zero attached hydrogens (tertiary/aromatic N) is 1. The number of carbonyl (C=O) groups is 1. The molecule has 0 bridgehead atoms. The summed E-state index contributed by atoms with van der Waals surface area (Å²) in [6.07, 6.45) is -0.800. The maximum Gasteiger partial charge on any atom is 0.240 e. The Morgan fingerprint density at radius 2 is 1.77 bits per heavy atom. The molecule has 7 heteroatoms. The molecule has 0 aromatic heterocycles. The SMILES string of the molecule is CCOCCCNC(=O)[C@@H]1[C@H](CO)[C@H]([C@H](C)O)ON1Cc1ccc(C#Cc2ccc(C)cc2)cc1. The molecular formula is C28H36N2O5. The molecule has 188 valence electrons. The second-order valence-corrected chi connectivity index (χ2v) is 8.83. The Labute approximate surface area is 208 Å². The summed E-state index contributed by atoms with van der Waals surface area (Å²) in [6.45, 7) is 7.32. The molecule has 0 saturated carbocycles. The summed E-state index contributed by atoms with van der Waals surface area (Å²) in [7, 11) is 0. The van der Waals surface area contributed by atoms with Gasteiger partial charge in [0.15, 0.2) is 0 Å². The van der Waals surface area contributed by atoms with Crippen LogP contribution in [-0.2, 0) is 20.9 Å². The average Bonchev–Trinajstić information content (AvgIpc) is 3.23. The van der Waals surface area contributed by atoms with Crippen molar-refractivity contribution in [2.24, 2.45) is 5.92 Å². The number of aryl methyl sites for hydroxylation is 1. The summed E-state index contributed by atoms with van der Waals surface area (Å²) < 4.78 is 5.32. The molecule has 35 heavy (non-hydrogen) atoms. The normalized spacial score (nSPS) is 20.8. The molecule has 1 fully saturated rings. The fraction of sp³-hybridized carbons (Fsp3) is 0.464. The highest BCUT2D eigenvalue weighted by molar-refractivity contribution is 5.82. The Morgan fingerprint density at radius 1 is 1.14 bits per heavy atom. The Hall–Kier alpha value is -2.73. The second-order valence-electron chi connectivity index (χ2n) is 8.83. The van der Waals surface area contributed by atoms with Crippen LogP contribution in [0, 0.1) is 24.7 Å². The van der Waals surface area contributed by atoms with E-state index >= 15 is 0 Å². The van der Waals surface area contributed by atoms with Gasteiger partial charge in [0.05, 0.1) is 19.3 Å². The maximum absolute atomic E-state index is 13.0. The van der Waals surface area contributed by atoms with Crippen molar-refractivity contribution in [3.8, 4) is 11.8 Å². The quantitative estimate of drug-likeness (QED) is 0.357. The van der Waals surface area contributed by atoms with E-state index in [4.69, 9.17) is 9.57 Å². The molecule has 1 heterocycles. The van der Waals surface area contributed by atoms with Crippen molar-refractivity contribution >= 4 is 5.91 Å². The number of carbonyl (C=O) groups excluding carboxylic acids is 1. The van der Waals surface area contributed by atoms with E-state index in [0.29, 0.717) is 32.7 Å². The van der Waals surface area contributed by atoms with Crippen molar-refractivity contribution < 1.29 is 24.6 Å². The number of hydroxylamine groups is 2. The van der Waals surface area contributed by atoms with E-state index in [1.54, 1.807) is 12.0 Å². The van der Waals surface area contributed by atoms with E-state index in [-0.39, 0.29) is 12.5 Å². The number of aliphatic hydroxyl groups excluding tert-OH is 2. The van der Waals surface area contributed by atoms with Crippen LogP contribution in [0.1, 0.15) is 42.5 Å². The van der Waals surface area contributed by atoms with Gasteiger partial charge in [-0.25, -0.2) is 0 Å². The van der Waals surface area contributed by atoms with Gasteiger partial charge in [-0.3, -0.25) is 9.63 Å². The Balaban J connectivity index is 1.68. The van der Waals surface area contributed by atoms with E-state index in [1.807, 2.05) is 62.4 Å². The minimum Gasteiger partial charge on any atom is -0.396 e. The van der Waals surface area contributed by atoms with Gasteiger partial charge < -0.3 is 20.3 Å². The van der Waals surface area contributed by atoms with E-state index in [0.717, 1.165) is 16.7 Å². The number of aliphatic hydroxyl groups is 2. The zero-order valence-corrected chi connectivity index (χ0v) is 20.7. The summed E-state index contributed by atoms with van der Waals surface area (Å²) >= 11 is 0. The Bertz CT molecular complexity index is 995. The molecule has 3 N–H and O–H groups in total. The smallest absolute Gasteiger partial charge is 0.240 e. The van der Waals surface area contributed by atoms with Gasteiger partial charge in [0.1, 0.15) is 12.1 Å². The number of rotatable bonds is 10. The molecule has 1 aliphatic heterocycles. The number of nitrogens with one attached hydrogen (secondary N) is 1. The largest absolute Gasteiger partial charge is 0.396 e. The summed E-state index contributed by atoms with van der Waals surface area (Å²) in [6, 6.07) is 15.1. The molecule has 7 nitrogen and oxygen atoms in total. The van der Waals surface area contributed by atoms with E-state index in [2.05, 4.69) is 17.2 Å². The molecule has 0 spiro atoms. The first-order valence-corrected chi connectivity index (χ1v) is 12.2. The van der Waals surface area contributed by atoms with E-state index in [1.165, 1.54) is 5.56 Å². The lowest BCUT2D eigenvalue weighted by atomic mass is 9.92. The van der Waals surface area contributed by atoms with Gasteiger partial charge in [-0.1, -0.05) is 41.7 Å². The molecule has 2 aromatic carbocycles. The van der Waals surface area contributed by atoms with Crippen LogP contribution in [0.25, 0.3) is 0 Å². The van der Waals surface area contributed by atoms with Crippen LogP contribution in [0.3, 0.4) is 0 Å². The van der Waals surface area contributed by atoms with Gasteiger partial charge >= 0.3 is 0 Å². The van der Waals surface area contributed by atoms with Crippen LogP contribution < -0.4 is 5.32 Å². The summed E-state index contributed by atoms with van der Waals surface area (Å²) in [5, 5.41) is 24.7. The molecule has 4 atom stereocenters. The van der Waals surface area contributed by atoms with Crippen LogP contribution in [-0.4, -0.2) is 65.8 Å². The molecule has 1 amide bonds. The predicted molar refractivity (Wildman–Crippen MR) is 134 cm³/mol. The molecule has 2 aromatic rings. The molecular weight excluding hydrogens is 444 g/mol. The molecule has 1 aliphatic rings. The highest BCUT2D eigenvalue weighted by Gasteiger charge is 2.48. The minimum absolute atomic E-state index is 0.232. The summed E-state index contributed by atoms with van der Waals surface area (Å²) in [4.78, 5) is 19.0. The van der Waals surface area contributed by atoms with Crippen LogP contribution in [0.2, 0.25) is 0 Å². The van der Waals surface area contributed by atoms with Crippen molar-refractivity contribution in [1.82, 2.24) is 10.4 Å². The van der Waals surface area contributed by atoms with Crippen LogP contribution in [0.4, 0.5) is 0 Å². The molecule has 0 radical (unpaired) electrons. The maximum atomic E-state index is 13.0. The highest BCUT2D eigenvalue weighted by Crippen LogP contribution is 2.31. The van der Waals surface area contributed by atoms with Gasteiger partial charge in [-0.15, -0.1) is 0 Å². The van der Waals surface area contributed by atoms with Crippen LogP contribution in [0.5, 0.6) is 0 Å². The third kappa shape index (κ3) is 7.63. The number of hydrogen-bond acceptors (Lipinski definition) is 6. The highest BCUT2D eigenvalue weighted by atomic mass is 16.7. The number of ether oxygens (including phenoxy) is 1. The molecule has 0 unspecified atom stereocenters. The van der Waals surface area contributed by atoms with Crippen LogP contribution >= 0.6 is 0 Å². The first-order valence-electron chi connectivity index (χ1n) is 12.2. The van der Waals surface area contributed by atoms with Crippen molar-refractivity contribution in [2.75, 3.05) is 26.4 Å². The molecule has 1 saturated heterocycles. The number of benzene rings is 2. The Kier molecular flexibility index (Phi) is 10.3. The average molecular weight is 481 g/mol. The zero-order chi connectivity index (χ0) is 25.2. The fourth-order valence-electron chi connectivity index (χ4n) is 4.09. The fourth-order valence-corrected chi connectivity index (χ4v) is 4.09. The second kappa shape index (κ2) is 13.4. The van der Waals surface area contributed by atoms with Gasteiger partial charge in [0.25, 0.3) is 0 Å². The number of amides is 1. The molecule has 3 rings (SSSR count). The summed E-state index contributed by atoms with van der Waals surface area (Å²) in [5.74, 6) is 5.56. The Morgan fingerprint density at radius 3 is 2.34 bits per heavy atom. The first-order chi connectivity index (χ1) is 16.9. The number of hydrogen-bond donors (Lipinski definition) is 3. The molecule has 0 aliphatic carbocycles. The van der Waals surface area contributed by atoms with Gasteiger partial charge in [-0.05, 0) is 57.0 Å². The van der Waals surface area contributed by atoms with Gasteiger partial charge in [-0.2, -0.15) is 5.06 Å². The van der Waals surface area contributed by atoms with Gasteiger partial charge in [0, 0.05) is 36.8 Å². The minimum atomic E-state index is -0.829. The van der Waals surface area contributed by atoms with Crippen molar-refractivity contribution in [2.45, 2.75) is 52.0 Å². The predicted octanol–water partition coefficient (Wildman–Crippen LogP) is 2.41. The van der Waals surface area contributed by atoms with E-state index in [9.17, 15) is 15.0 Å². The zero-order valence-electron chi connectivity index (χ0n) is 20.7. The van der Waals surface area contributed by atoms with Crippen LogP contribution in [0.15, 0.2) is 48.5 Å². The third-order valence-corrected chi connectivity index (χ3v) is 6.01. The monoisotopic (exact) mass is 480 g/mol. The van der Waals surface area contributed by atoms with E-state index < -0.39 is 24.2 Å². The lowest BCUT2D eigenvalue weighted by Crippen LogP contribution is -2.47. The van der Waals surface area contributed by atoms with Crippen molar-refractivity contribution in [3.05, 3.63) is 70.8 Å². The first kappa shape index (κ1) is 26.9. The van der Waals surface area contributed by atoms with Crippen molar-refractivity contribution in [3.63, 3.8) is 0 Å². The van der Waals surface area contributed by atoms with Gasteiger partial charge in [0.2, 0.25) is 5.91 Å². The third-order valence-electron chi connectivity index (χ3n) is 6.01.